The first-order valence-electron chi connectivity index (χ1n) is 7.65. The van der Waals surface area contributed by atoms with Crippen molar-refractivity contribution in [3.05, 3.63) is 18.5 Å². The summed E-state index contributed by atoms with van der Waals surface area (Å²) in [5.74, 6) is 0.804. The van der Waals surface area contributed by atoms with Crippen molar-refractivity contribution in [2.24, 2.45) is 5.92 Å². The lowest BCUT2D eigenvalue weighted by Crippen LogP contribution is -2.09. The van der Waals surface area contributed by atoms with E-state index in [9.17, 15) is 5.11 Å². The molecule has 2 heterocycles. The van der Waals surface area contributed by atoms with Crippen LogP contribution in [0.3, 0.4) is 0 Å². The number of unbranched alkanes of at least 4 members (excludes halogenated alkanes) is 1. The highest BCUT2D eigenvalue weighted by atomic mass is 16.5. The molecule has 1 aliphatic rings. The lowest BCUT2D eigenvalue weighted by atomic mass is 10.1. The molecule has 3 rings (SSSR count). The summed E-state index contributed by atoms with van der Waals surface area (Å²) in [6, 6.07) is 0.125. The molecule has 2 aromatic heterocycles. The highest BCUT2D eigenvalue weighted by Crippen LogP contribution is 2.31. The Kier molecular flexibility index (Phi) is 4.24. The standard InChI is InChI=1S/C15H21N5O2/c1-2-3-6-22-14-12-13(18-15(16)19-14)20(9-17-12)11-5-4-10(7-11)8-21/h4-5,9-11,21H,2-3,6-8H2,1H3,(H2,16,18,19)/t10-,11+/m1/s1. The third kappa shape index (κ3) is 2.76. The second-order valence-corrected chi connectivity index (χ2v) is 5.54. The molecule has 0 aromatic carbocycles. The van der Waals surface area contributed by atoms with Gasteiger partial charge in [0.15, 0.2) is 11.2 Å². The molecule has 7 heteroatoms. The van der Waals surface area contributed by atoms with Crippen LogP contribution in [-0.2, 0) is 0 Å². The molecule has 0 spiro atoms. The highest BCUT2D eigenvalue weighted by molar-refractivity contribution is 5.77. The number of nitrogen functional groups attached to an aromatic ring is 1. The first-order valence-corrected chi connectivity index (χ1v) is 7.65. The molecule has 0 saturated heterocycles. The van der Waals surface area contributed by atoms with Crippen LogP contribution in [0.1, 0.15) is 32.2 Å². The highest BCUT2D eigenvalue weighted by Gasteiger charge is 2.23. The fourth-order valence-electron chi connectivity index (χ4n) is 2.66. The van der Waals surface area contributed by atoms with Gasteiger partial charge in [-0.25, -0.2) is 4.98 Å². The van der Waals surface area contributed by atoms with Gasteiger partial charge in [-0.05, 0) is 12.8 Å². The van der Waals surface area contributed by atoms with E-state index in [1.165, 1.54) is 0 Å². The zero-order valence-electron chi connectivity index (χ0n) is 12.6. The first-order chi connectivity index (χ1) is 10.7. The number of hydrogen-bond donors (Lipinski definition) is 2. The summed E-state index contributed by atoms with van der Waals surface area (Å²) < 4.78 is 7.66. The molecule has 0 unspecified atom stereocenters. The molecule has 7 nitrogen and oxygen atoms in total. The molecule has 2 aromatic rings. The fraction of sp³-hybridized carbons (Fsp3) is 0.533. The number of nitrogens with two attached hydrogens (primary N) is 1. The van der Waals surface area contributed by atoms with E-state index in [-0.39, 0.29) is 24.5 Å². The fourth-order valence-corrected chi connectivity index (χ4v) is 2.66. The molecular formula is C15H21N5O2. The number of hydrogen-bond acceptors (Lipinski definition) is 6. The van der Waals surface area contributed by atoms with Crippen LogP contribution in [0, 0.1) is 5.92 Å². The third-order valence-electron chi connectivity index (χ3n) is 3.88. The Morgan fingerprint density at radius 2 is 2.27 bits per heavy atom. The average Bonchev–Trinajstić information content (AvgIpc) is 3.13. The summed E-state index contributed by atoms with van der Waals surface area (Å²) in [4.78, 5) is 12.9. The number of aliphatic hydroxyl groups excluding tert-OH is 1. The Hall–Kier alpha value is -2.15. The number of aliphatic hydroxyl groups is 1. The molecule has 22 heavy (non-hydrogen) atoms. The number of aromatic nitrogens is 4. The van der Waals surface area contributed by atoms with Crippen LogP contribution in [0.2, 0.25) is 0 Å². The van der Waals surface area contributed by atoms with E-state index in [2.05, 4.69) is 28.0 Å². The minimum absolute atomic E-state index is 0.125. The van der Waals surface area contributed by atoms with Gasteiger partial charge in [-0.2, -0.15) is 9.97 Å². The smallest absolute Gasteiger partial charge is 0.247 e. The first kappa shape index (κ1) is 14.8. The topological polar surface area (TPSA) is 99.1 Å². The Labute approximate surface area is 128 Å². The summed E-state index contributed by atoms with van der Waals surface area (Å²) in [6.45, 7) is 2.85. The van der Waals surface area contributed by atoms with E-state index < -0.39 is 0 Å². The van der Waals surface area contributed by atoms with Crippen LogP contribution >= 0.6 is 0 Å². The zero-order chi connectivity index (χ0) is 15.5. The van der Waals surface area contributed by atoms with Crippen LogP contribution in [-0.4, -0.2) is 37.8 Å². The van der Waals surface area contributed by atoms with Crippen LogP contribution in [0.5, 0.6) is 5.88 Å². The van der Waals surface area contributed by atoms with Gasteiger partial charge in [0.1, 0.15) is 0 Å². The lowest BCUT2D eigenvalue weighted by Gasteiger charge is -2.13. The predicted molar refractivity (Wildman–Crippen MR) is 83.5 cm³/mol. The van der Waals surface area contributed by atoms with Gasteiger partial charge in [-0.15, -0.1) is 0 Å². The van der Waals surface area contributed by atoms with Crippen molar-refractivity contribution in [3.63, 3.8) is 0 Å². The Morgan fingerprint density at radius 3 is 3.00 bits per heavy atom. The molecule has 0 saturated carbocycles. The van der Waals surface area contributed by atoms with Gasteiger partial charge in [-0.3, -0.25) is 0 Å². The molecule has 0 aliphatic heterocycles. The second kappa shape index (κ2) is 6.31. The maximum absolute atomic E-state index is 9.26. The lowest BCUT2D eigenvalue weighted by molar-refractivity contribution is 0.244. The summed E-state index contributed by atoms with van der Waals surface area (Å²) in [7, 11) is 0. The molecule has 0 amide bonds. The van der Waals surface area contributed by atoms with Crippen LogP contribution in [0.4, 0.5) is 5.95 Å². The molecule has 0 radical (unpaired) electrons. The summed E-state index contributed by atoms with van der Waals surface area (Å²) in [5, 5.41) is 9.26. The number of imidazole rings is 1. The van der Waals surface area contributed by atoms with Crippen molar-refractivity contribution in [2.45, 2.75) is 32.2 Å². The molecule has 118 valence electrons. The molecular weight excluding hydrogens is 282 g/mol. The Bertz CT molecular complexity index is 682. The van der Waals surface area contributed by atoms with Crippen molar-refractivity contribution in [2.75, 3.05) is 18.9 Å². The van der Waals surface area contributed by atoms with E-state index >= 15 is 0 Å². The van der Waals surface area contributed by atoms with Crippen molar-refractivity contribution in [1.29, 1.82) is 0 Å². The van der Waals surface area contributed by atoms with Gasteiger partial charge >= 0.3 is 0 Å². The van der Waals surface area contributed by atoms with Gasteiger partial charge in [0.05, 0.1) is 19.0 Å². The number of fused-ring (bicyclic) bond motifs is 1. The number of anilines is 1. The van der Waals surface area contributed by atoms with Gasteiger partial charge in [-0.1, -0.05) is 25.5 Å². The van der Waals surface area contributed by atoms with E-state index in [1.807, 2.05) is 10.6 Å². The minimum atomic E-state index is 0.125. The largest absolute Gasteiger partial charge is 0.476 e. The van der Waals surface area contributed by atoms with Gasteiger partial charge in [0.25, 0.3) is 0 Å². The average molecular weight is 303 g/mol. The number of nitrogens with zero attached hydrogens (tertiary/aromatic N) is 4. The monoisotopic (exact) mass is 303 g/mol. The van der Waals surface area contributed by atoms with Crippen LogP contribution in [0.15, 0.2) is 18.5 Å². The van der Waals surface area contributed by atoms with Crippen LogP contribution < -0.4 is 10.5 Å². The number of ether oxygens (including phenoxy) is 1. The van der Waals surface area contributed by atoms with Gasteiger partial charge < -0.3 is 20.1 Å². The molecule has 0 fully saturated rings. The van der Waals surface area contributed by atoms with Crippen molar-refractivity contribution in [3.8, 4) is 5.88 Å². The van der Waals surface area contributed by atoms with E-state index in [4.69, 9.17) is 10.5 Å². The summed E-state index contributed by atoms with van der Waals surface area (Å²) in [5.41, 5.74) is 7.11. The van der Waals surface area contributed by atoms with E-state index in [0.717, 1.165) is 19.3 Å². The van der Waals surface area contributed by atoms with Crippen molar-refractivity contribution < 1.29 is 9.84 Å². The number of allylic oxidation sites excluding steroid dienone is 1. The minimum Gasteiger partial charge on any atom is -0.476 e. The van der Waals surface area contributed by atoms with Crippen molar-refractivity contribution in [1.82, 2.24) is 19.5 Å². The summed E-state index contributed by atoms with van der Waals surface area (Å²) in [6.07, 6.45) is 8.67. The maximum atomic E-state index is 9.26. The maximum Gasteiger partial charge on any atom is 0.247 e. The molecule has 1 aliphatic carbocycles. The quantitative estimate of drug-likeness (QED) is 0.622. The third-order valence-corrected chi connectivity index (χ3v) is 3.88. The second-order valence-electron chi connectivity index (χ2n) is 5.54. The molecule has 2 atom stereocenters. The Morgan fingerprint density at radius 1 is 1.41 bits per heavy atom. The van der Waals surface area contributed by atoms with Crippen molar-refractivity contribution >= 4 is 17.1 Å². The van der Waals surface area contributed by atoms with Gasteiger partial charge in [0.2, 0.25) is 11.8 Å². The molecule has 0 bridgehead atoms. The Balaban J connectivity index is 1.92. The predicted octanol–water partition coefficient (Wildman–Crippen LogP) is 1.70. The normalized spacial score (nSPS) is 20.8. The van der Waals surface area contributed by atoms with Crippen LogP contribution in [0.25, 0.3) is 11.2 Å². The van der Waals surface area contributed by atoms with E-state index in [1.54, 1.807) is 6.33 Å². The SMILES string of the molecule is CCCCOc1nc(N)nc2c1ncn2[C@H]1C=C[C@@H](CO)C1. The summed E-state index contributed by atoms with van der Waals surface area (Å²) >= 11 is 0. The zero-order valence-corrected chi connectivity index (χ0v) is 12.6. The molecule has 3 N–H and O–H groups in total. The van der Waals surface area contributed by atoms with Gasteiger partial charge in [0, 0.05) is 12.5 Å². The number of rotatable bonds is 6. The van der Waals surface area contributed by atoms with E-state index in [0.29, 0.717) is 23.7 Å².